The van der Waals surface area contributed by atoms with Gasteiger partial charge in [0, 0.05) is 39.0 Å². The highest BCUT2D eigenvalue weighted by Gasteiger charge is 2.60. The van der Waals surface area contributed by atoms with E-state index in [-0.39, 0.29) is 30.9 Å². The van der Waals surface area contributed by atoms with E-state index in [4.69, 9.17) is 9.47 Å². The quantitative estimate of drug-likeness (QED) is 0.631. The van der Waals surface area contributed by atoms with Gasteiger partial charge in [0.15, 0.2) is 6.61 Å². The Hall–Kier alpha value is -3.63. The van der Waals surface area contributed by atoms with Crippen molar-refractivity contribution in [2.75, 3.05) is 38.3 Å². The number of amides is 4. The maximum absolute atomic E-state index is 13.2. The zero-order valence-electron chi connectivity index (χ0n) is 19.2. The number of benzene rings is 1. The van der Waals surface area contributed by atoms with E-state index in [0.717, 1.165) is 0 Å². The Balaban J connectivity index is 1.38. The zero-order valence-corrected chi connectivity index (χ0v) is 19.2. The lowest BCUT2D eigenvalue weighted by molar-refractivity contribution is -0.159. The summed E-state index contributed by atoms with van der Waals surface area (Å²) in [5, 5.41) is 2.81. The summed E-state index contributed by atoms with van der Waals surface area (Å²) in [6, 6.07) is 6.46. The molecule has 0 aliphatic carbocycles. The van der Waals surface area contributed by atoms with Crippen LogP contribution in [-0.2, 0) is 23.9 Å². The van der Waals surface area contributed by atoms with Crippen molar-refractivity contribution in [3.05, 3.63) is 29.8 Å². The third kappa shape index (κ3) is 3.95. The highest BCUT2D eigenvalue weighted by Crippen LogP contribution is 2.44. The van der Waals surface area contributed by atoms with Crippen LogP contribution in [0.3, 0.4) is 0 Å². The van der Waals surface area contributed by atoms with Gasteiger partial charge in [-0.05, 0) is 31.9 Å². The number of nitrogens with one attached hydrogen (secondary N) is 1. The summed E-state index contributed by atoms with van der Waals surface area (Å²) < 4.78 is 10.3. The van der Waals surface area contributed by atoms with Gasteiger partial charge in [0.25, 0.3) is 11.8 Å². The largest absolute Gasteiger partial charge is 0.452 e. The summed E-state index contributed by atoms with van der Waals surface area (Å²) in [7, 11) is 1.46. The number of piperidine rings is 1. The van der Waals surface area contributed by atoms with Crippen molar-refractivity contribution < 1.29 is 33.4 Å². The Labute approximate surface area is 196 Å². The summed E-state index contributed by atoms with van der Waals surface area (Å²) in [4.78, 5) is 67.3. The Morgan fingerprint density at radius 1 is 1.12 bits per heavy atom. The molecule has 1 unspecified atom stereocenters. The van der Waals surface area contributed by atoms with Crippen LogP contribution in [0.25, 0.3) is 0 Å². The van der Waals surface area contributed by atoms with Crippen LogP contribution in [-0.4, -0.2) is 84.6 Å². The predicted octanol–water partition coefficient (Wildman–Crippen LogP) is 0.876. The first-order chi connectivity index (χ1) is 16.3. The van der Waals surface area contributed by atoms with Gasteiger partial charge in [-0.25, -0.2) is 9.59 Å². The summed E-state index contributed by atoms with van der Waals surface area (Å²) in [6.07, 6.45) is 0.891. The number of hydrogen-bond acceptors (Lipinski definition) is 7. The van der Waals surface area contributed by atoms with Crippen LogP contribution < -0.4 is 10.2 Å². The van der Waals surface area contributed by atoms with Crippen molar-refractivity contribution in [3.8, 4) is 0 Å². The molecule has 2 saturated heterocycles. The molecule has 11 nitrogen and oxygen atoms in total. The minimum atomic E-state index is -1.62. The number of likely N-dealkylation sites (tertiary alicyclic amines) is 1. The van der Waals surface area contributed by atoms with Crippen molar-refractivity contribution in [1.29, 1.82) is 0 Å². The highest BCUT2D eigenvalue weighted by molar-refractivity contribution is 6.15. The molecule has 0 saturated carbocycles. The summed E-state index contributed by atoms with van der Waals surface area (Å²) in [6.45, 7) is 2.42. The highest BCUT2D eigenvalue weighted by atomic mass is 16.6. The number of rotatable bonds is 5. The molecule has 4 rings (SSSR count). The number of nitrogens with zero attached hydrogens (tertiary/aromatic N) is 3. The number of carbonyl (C=O) groups excluding carboxylic acids is 5. The fourth-order valence-corrected chi connectivity index (χ4v) is 4.83. The number of fused-ring (bicyclic) bond motifs is 3. The second-order valence-corrected chi connectivity index (χ2v) is 8.53. The number of anilines is 1. The van der Waals surface area contributed by atoms with Gasteiger partial charge in [-0.15, -0.1) is 0 Å². The van der Waals surface area contributed by atoms with Gasteiger partial charge in [0.05, 0.1) is 17.9 Å². The second-order valence-electron chi connectivity index (χ2n) is 8.53. The second kappa shape index (κ2) is 9.32. The maximum Gasteiger partial charge on any atom is 0.409 e. The minimum absolute atomic E-state index is 0.0757. The first-order valence-corrected chi connectivity index (χ1v) is 11.4. The van der Waals surface area contributed by atoms with E-state index >= 15 is 0 Å². The molecule has 3 heterocycles. The average Bonchev–Trinajstić information content (AvgIpc) is 3.20. The van der Waals surface area contributed by atoms with E-state index < -0.39 is 30.1 Å². The summed E-state index contributed by atoms with van der Waals surface area (Å²) >= 11 is 0. The van der Waals surface area contributed by atoms with Crippen molar-refractivity contribution >= 4 is 35.5 Å². The molecule has 1 aromatic carbocycles. The lowest BCUT2D eigenvalue weighted by atomic mass is 9.97. The van der Waals surface area contributed by atoms with Crippen LogP contribution in [0.15, 0.2) is 24.3 Å². The Kier molecular flexibility index (Phi) is 6.45. The minimum Gasteiger partial charge on any atom is -0.452 e. The molecule has 0 spiro atoms. The van der Waals surface area contributed by atoms with E-state index in [1.807, 2.05) is 0 Å². The van der Waals surface area contributed by atoms with Crippen LogP contribution in [0, 0.1) is 0 Å². The number of esters is 1. The first-order valence-electron chi connectivity index (χ1n) is 11.4. The Bertz CT molecular complexity index is 1020. The van der Waals surface area contributed by atoms with E-state index in [0.29, 0.717) is 43.8 Å². The van der Waals surface area contributed by atoms with Crippen LogP contribution >= 0.6 is 0 Å². The molecule has 3 aliphatic rings. The zero-order chi connectivity index (χ0) is 24.5. The van der Waals surface area contributed by atoms with Gasteiger partial charge in [-0.1, -0.05) is 12.1 Å². The molecule has 0 radical (unpaired) electrons. The van der Waals surface area contributed by atoms with Gasteiger partial charge in [-0.3, -0.25) is 19.3 Å². The normalized spacial score (nSPS) is 22.2. The standard InChI is InChI=1S/C23H28N4O7/c1-3-33-22(32)26-12-9-15(10-13-26)24-18(28)14-34-21(31)23-11-8-19(29)27(23)17-7-5-4-6-16(17)20(30)25(23)2/h4-7,15H,3,8-14H2,1-2H3,(H,24,28). The molecule has 34 heavy (non-hydrogen) atoms. The fraction of sp³-hybridized carbons (Fsp3) is 0.522. The maximum atomic E-state index is 13.2. The van der Waals surface area contributed by atoms with Crippen LogP contribution in [0.4, 0.5) is 10.5 Å². The molecule has 11 heteroatoms. The fourth-order valence-electron chi connectivity index (χ4n) is 4.83. The van der Waals surface area contributed by atoms with Gasteiger partial charge in [-0.2, -0.15) is 0 Å². The number of carbonyl (C=O) groups is 5. The van der Waals surface area contributed by atoms with Crippen molar-refractivity contribution in [3.63, 3.8) is 0 Å². The molecule has 1 atom stereocenters. The number of para-hydroxylation sites is 1. The topological polar surface area (TPSA) is 126 Å². The lowest BCUT2D eigenvalue weighted by Gasteiger charge is -2.46. The molecule has 2 fully saturated rings. The molecule has 0 bridgehead atoms. The van der Waals surface area contributed by atoms with E-state index in [1.165, 1.54) is 16.8 Å². The predicted molar refractivity (Wildman–Crippen MR) is 119 cm³/mol. The van der Waals surface area contributed by atoms with Crippen molar-refractivity contribution in [1.82, 2.24) is 15.1 Å². The van der Waals surface area contributed by atoms with E-state index in [2.05, 4.69) is 5.32 Å². The lowest BCUT2D eigenvalue weighted by Crippen LogP contribution is -2.67. The third-order valence-electron chi connectivity index (χ3n) is 6.59. The number of hydrogen-bond donors (Lipinski definition) is 1. The van der Waals surface area contributed by atoms with Crippen molar-refractivity contribution in [2.24, 2.45) is 0 Å². The monoisotopic (exact) mass is 472 g/mol. The van der Waals surface area contributed by atoms with Crippen LogP contribution in [0.2, 0.25) is 0 Å². The molecular weight excluding hydrogens is 444 g/mol. The molecule has 182 valence electrons. The van der Waals surface area contributed by atoms with E-state index in [1.54, 1.807) is 36.1 Å². The SMILES string of the molecule is CCOC(=O)N1CCC(NC(=O)COC(=O)C23CCC(=O)N2c2ccccc2C(=O)N3C)CC1. The molecule has 3 aliphatic heterocycles. The Morgan fingerprint density at radius 3 is 2.53 bits per heavy atom. The van der Waals surface area contributed by atoms with Crippen LogP contribution in [0.1, 0.15) is 43.0 Å². The number of ether oxygens (including phenoxy) is 2. The molecule has 1 N–H and O–H groups in total. The van der Waals surface area contributed by atoms with E-state index in [9.17, 15) is 24.0 Å². The molecule has 4 amide bonds. The summed E-state index contributed by atoms with van der Waals surface area (Å²) in [5.74, 6) is -1.99. The smallest absolute Gasteiger partial charge is 0.409 e. The third-order valence-corrected chi connectivity index (χ3v) is 6.59. The van der Waals surface area contributed by atoms with Crippen LogP contribution in [0.5, 0.6) is 0 Å². The molecule has 1 aromatic rings. The van der Waals surface area contributed by atoms with Gasteiger partial charge < -0.3 is 24.6 Å². The average molecular weight is 472 g/mol. The molecular formula is C23H28N4O7. The Morgan fingerprint density at radius 2 is 1.82 bits per heavy atom. The van der Waals surface area contributed by atoms with Crippen molar-refractivity contribution in [2.45, 2.75) is 44.3 Å². The number of likely N-dealkylation sites (N-methyl/N-ethyl adjacent to an activating group) is 1. The van der Waals surface area contributed by atoms with Gasteiger partial charge in [0.1, 0.15) is 0 Å². The molecule has 0 aromatic heterocycles. The summed E-state index contributed by atoms with van der Waals surface area (Å²) in [5.41, 5.74) is -0.924. The van der Waals surface area contributed by atoms with Gasteiger partial charge >= 0.3 is 12.1 Å². The first kappa shape index (κ1) is 23.5. The van der Waals surface area contributed by atoms with Gasteiger partial charge in [0.2, 0.25) is 11.6 Å².